The van der Waals surface area contributed by atoms with Gasteiger partial charge in [-0.2, -0.15) is 0 Å². The first-order chi connectivity index (χ1) is 13.1. The summed E-state index contributed by atoms with van der Waals surface area (Å²) in [5, 5.41) is 11.2. The third kappa shape index (κ3) is 3.09. The van der Waals surface area contributed by atoms with Crippen LogP contribution >= 0.6 is 11.6 Å². The molecule has 27 heavy (non-hydrogen) atoms. The third-order valence-corrected chi connectivity index (χ3v) is 4.84. The van der Waals surface area contributed by atoms with E-state index in [1.165, 1.54) is 17.0 Å². The standard InChI is InChI=1S/C22H15ClFNO2/c23-16-8-12-18(13-9-16)25-20(15-6-10-17(24)11-7-15)19(21(26)22(25)27)14-4-2-1-3-5-14/h1-13,20,26H/t20-/m0/s1. The quantitative estimate of drug-likeness (QED) is 0.649. The fourth-order valence-electron chi connectivity index (χ4n) is 3.35. The van der Waals surface area contributed by atoms with Crippen molar-refractivity contribution >= 4 is 28.8 Å². The Morgan fingerprint density at radius 1 is 0.889 bits per heavy atom. The summed E-state index contributed by atoms with van der Waals surface area (Å²) in [5.41, 5.74) is 2.51. The van der Waals surface area contributed by atoms with Crippen LogP contribution in [0.1, 0.15) is 17.2 Å². The molecule has 1 heterocycles. The van der Waals surface area contributed by atoms with Gasteiger partial charge in [0, 0.05) is 16.3 Å². The predicted octanol–water partition coefficient (Wildman–Crippen LogP) is 5.54. The summed E-state index contributed by atoms with van der Waals surface area (Å²) < 4.78 is 13.5. The molecular weight excluding hydrogens is 365 g/mol. The Morgan fingerprint density at radius 3 is 2.15 bits per heavy atom. The molecule has 4 rings (SSSR count). The van der Waals surface area contributed by atoms with Crippen LogP contribution in [0, 0.1) is 5.82 Å². The molecule has 0 bridgehead atoms. The molecule has 3 aromatic carbocycles. The van der Waals surface area contributed by atoms with Crippen molar-refractivity contribution < 1.29 is 14.3 Å². The second-order valence-corrected chi connectivity index (χ2v) is 6.67. The molecule has 0 aliphatic carbocycles. The predicted molar refractivity (Wildman–Crippen MR) is 104 cm³/mol. The van der Waals surface area contributed by atoms with Crippen molar-refractivity contribution in [1.29, 1.82) is 0 Å². The van der Waals surface area contributed by atoms with Gasteiger partial charge in [0.05, 0.1) is 6.04 Å². The third-order valence-electron chi connectivity index (χ3n) is 4.58. The van der Waals surface area contributed by atoms with Gasteiger partial charge in [-0.25, -0.2) is 4.39 Å². The maximum absolute atomic E-state index is 13.5. The van der Waals surface area contributed by atoms with Gasteiger partial charge >= 0.3 is 0 Å². The van der Waals surface area contributed by atoms with Gasteiger partial charge in [-0.05, 0) is 47.5 Å². The Labute approximate surface area is 160 Å². The lowest BCUT2D eigenvalue weighted by molar-refractivity contribution is -0.117. The maximum Gasteiger partial charge on any atom is 0.294 e. The van der Waals surface area contributed by atoms with Crippen molar-refractivity contribution in [3.05, 3.63) is 107 Å². The first kappa shape index (κ1) is 17.3. The van der Waals surface area contributed by atoms with Crippen LogP contribution in [0.2, 0.25) is 5.02 Å². The van der Waals surface area contributed by atoms with Crippen LogP contribution in [0.25, 0.3) is 5.57 Å². The van der Waals surface area contributed by atoms with E-state index in [1.807, 2.05) is 30.3 Å². The fourth-order valence-corrected chi connectivity index (χ4v) is 3.47. The molecule has 1 atom stereocenters. The second-order valence-electron chi connectivity index (χ2n) is 6.23. The average molecular weight is 380 g/mol. The van der Waals surface area contributed by atoms with Gasteiger partial charge in [0.25, 0.3) is 5.91 Å². The Bertz CT molecular complexity index is 1010. The Balaban J connectivity index is 1.90. The van der Waals surface area contributed by atoms with Crippen molar-refractivity contribution in [2.75, 3.05) is 4.90 Å². The van der Waals surface area contributed by atoms with E-state index in [9.17, 15) is 14.3 Å². The number of carbonyl (C=O) groups is 1. The summed E-state index contributed by atoms with van der Waals surface area (Å²) in [4.78, 5) is 14.4. The van der Waals surface area contributed by atoms with Gasteiger partial charge in [0.2, 0.25) is 0 Å². The average Bonchev–Trinajstić information content (AvgIpc) is 2.95. The summed E-state index contributed by atoms with van der Waals surface area (Å²) in [5.74, 6) is -1.19. The minimum absolute atomic E-state index is 0.314. The van der Waals surface area contributed by atoms with Crippen LogP contribution in [0.3, 0.4) is 0 Å². The molecule has 0 aromatic heterocycles. The maximum atomic E-state index is 13.5. The van der Waals surface area contributed by atoms with Crippen LogP contribution in [-0.4, -0.2) is 11.0 Å². The monoisotopic (exact) mass is 379 g/mol. The van der Waals surface area contributed by atoms with Crippen molar-refractivity contribution in [1.82, 2.24) is 0 Å². The van der Waals surface area contributed by atoms with Crippen LogP contribution < -0.4 is 4.90 Å². The molecule has 0 spiro atoms. The van der Waals surface area contributed by atoms with E-state index in [0.717, 1.165) is 5.56 Å². The highest BCUT2D eigenvalue weighted by Gasteiger charge is 2.41. The van der Waals surface area contributed by atoms with E-state index < -0.39 is 11.9 Å². The largest absolute Gasteiger partial charge is 0.503 e. The molecule has 1 N–H and O–H groups in total. The summed E-state index contributed by atoms with van der Waals surface area (Å²) in [7, 11) is 0. The molecule has 0 radical (unpaired) electrons. The minimum Gasteiger partial charge on any atom is -0.503 e. The van der Waals surface area contributed by atoms with Crippen LogP contribution in [0.5, 0.6) is 0 Å². The van der Waals surface area contributed by atoms with Crippen molar-refractivity contribution in [3.8, 4) is 0 Å². The smallest absolute Gasteiger partial charge is 0.294 e. The topological polar surface area (TPSA) is 40.5 Å². The lowest BCUT2D eigenvalue weighted by atomic mass is 9.93. The van der Waals surface area contributed by atoms with E-state index in [2.05, 4.69) is 0 Å². The summed E-state index contributed by atoms with van der Waals surface area (Å²) >= 11 is 5.97. The molecule has 3 nitrogen and oxygen atoms in total. The zero-order valence-corrected chi connectivity index (χ0v) is 14.9. The van der Waals surface area contributed by atoms with E-state index in [-0.39, 0.29) is 11.6 Å². The Kier molecular flexibility index (Phi) is 4.42. The molecule has 5 heteroatoms. The minimum atomic E-state index is -0.582. The number of aliphatic hydroxyl groups excluding tert-OH is 1. The van der Waals surface area contributed by atoms with Crippen LogP contribution in [0.4, 0.5) is 10.1 Å². The van der Waals surface area contributed by atoms with E-state index in [0.29, 0.717) is 21.8 Å². The first-order valence-electron chi connectivity index (χ1n) is 8.39. The van der Waals surface area contributed by atoms with Gasteiger partial charge in [-0.15, -0.1) is 0 Å². The van der Waals surface area contributed by atoms with E-state index >= 15 is 0 Å². The molecule has 0 fully saturated rings. The summed E-state index contributed by atoms with van der Waals surface area (Å²) in [6.45, 7) is 0. The van der Waals surface area contributed by atoms with Crippen molar-refractivity contribution in [3.63, 3.8) is 0 Å². The number of hydrogen-bond donors (Lipinski definition) is 1. The number of hydrogen-bond acceptors (Lipinski definition) is 2. The highest BCUT2D eigenvalue weighted by molar-refractivity contribution is 6.30. The second kappa shape index (κ2) is 6.89. The molecule has 0 saturated carbocycles. The number of rotatable bonds is 3. The SMILES string of the molecule is O=C1C(O)=C(c2ccccc2)[C@H](c2ccc(F)cc2)N1c1ccc(Cl)cc1. The molecule has 1 aliphatic heterocycles. The van der Waals surface area contributed by atoms with E-state index in [4.69, 9.17) is 11.6 Å². The normalized spacial score (nSPS) is 16.9. The van der Waals surface area contributed by atoms with Crippen LogP contribution in [0.15, 0.2) is 84.6 Å². The van der Waals surface area contributed by atoms with Gasteiger partial charge < -0.3 is 5.11 Å². The molecule has 0 unspecified atom stereocenters. The number of halogens is 2. The van der Waals surface area contributed by atoms with Gasteiger partial charge in [0.15, 0.2) is 5.76 Å². The number of carbonyl (C=O) groups excluding carboxylic acids is 1. The number of benzene rings is 3. The number of amides is 1. The van der Waals surface area contributed by atoms with Crippen molar-refractivity contribution in [2.24, 2.45) is 0 Å². The number of aliphatic hydroxyl groups is 1. The lowest BCUT2D eigenvalue weighted by Crippen LogP contribution is -2.30. The first-order valence-corrected chi connectivity index (χ1v) is 8.77. The molecule has 3 aromatic rings. The van der Waals surface area contributed by atoms with Gasteiger partial charge in [-0.3, -0.25) is 9.69 Å². The summed E-state index contributed by atoms with van der Waals surface area (Å²) in [6, 6.07) is 21.4. The highest BCUT2D eigenvalue weighted by atomic mass is 35.5. The molecule has 1 amide bonds. The van der Waals surface area contributed by atoms with Gasteiger partial charge in [-0.1, -0.05) is 54.1 Å². The van der Waals surface area contributed by atoms with Crippen molar-refractivity contribution in [2.45, 2.75) is 6.04 Å². The molecule has 1 aliphatic rings. The van der Waals surface area contributed by atoms with E-state index in [1.54, 1.807) is 36.4 Å². The Hall–Kier alpha value is -3.11. The van der Waals surface area contributed by atoms with Crippen LogP contribution in [-0.2, 0) is 4.79 Å². The molecule has 134 valence electrons. The number of nitrogens with zero attached hydrogens (tertiary/aromatic N) is 1. The number of anilines is 1. The van der Waals surface area contributed by atoms with Gasteiger partial charge in [0.1, 0.15) is 5.82 Å². The Morgan fingerprint density at radius 2 is 1.52 bits per heavy atom. The lowest BCUT2D eigenvalue weighted by Gasteiger charge is -2.27. The zero-order chi connectivity index (χ0) is 19.0. The molecule has 0 saturated heterocycles. The fraction of sp³-hybridized carbons (Fsp3) is 0.0455. The highest BCUT2D eigenvalue weighted by Crippen LogP contribution is 2.45. The molecular formula is C22H15ClFNO2. The zero-order valence-electron chi connectivity index (χ0n) is 14.1. The summed E-state index contributed by atoms with van der Waals surface area (Å²) in [6.07, 6.45) is 0.